The van der Waals surface area contributed by atoms with E-state index in [0.29, 0.717) is 19.0 Å². The average molecular weight is 314 g/mol. The molecule has 3 rings (SSSR count). The number of nitrogens with zero attached hydrogens (tertiary/aromatic N) is 1. The standard InChI is InChI=1S/C14H19FN2O3S/c1-20-14-5-4-11(7-12(14)15)21(18,19)17-8-10-3-2-6-16-13(10)9-17/h4-5,7,10,13,16H,2-3,6,8-9H2,1H3/t10-,13+/m0/s1. The van der Waals surface area contributed by atoms with E-state index in [0.717, 1.165) is 25.5 Å². The Morgan fingerprint density at radius 1 is 1.38 bits per heavy atom. The van der Waals surface area contributed by atoms with Crippen LogP contribution < -0.4 is 10.1 Å². The summed E-state index contributed by atoms with van der Waals surface area (Å²) in [6.45, 7) is 1.90. The van der Waals surface area contributed by atoms with Gasteiger partial charge in [0.25, 0.3) is 0 Å². The molecule has 1 aromatic carbocycles. The molecule has 2 heterocycles. The van der Waals surface area contributed by atoms with E-state index < -0.39 is 15.8 Å². The van der Waals surface area contributed by atoms with Crippen LogP contribution in [0.15, 0.2) is 23.1 Å². The number of nitrogens with one attached hydrogen (secondary N) is 1. The molecule has 0 amide bonds. The Labute approximate surface area is 124 Å². The molecule has 0 aromatic heterocycles. The van der Waals surface area contributed by atoms with Gasteiger partial charge in [-0.2, -0.15) is 4.31 Å². The second-order valence-corrected chi connectivity index (χ2v) is 7.52. The maximum atomic E-state index is 13.7. The number of hydrogen-bond acceptors (Lipinski definition) is 4. The maximum absolute atomic E-state index is 13.7. The van der Waals surface area contributed by atoms with Crippen molar-refractivity contribution in [3.8, 4) is 5.75 Å². The highest BCUT2D eigenvalue weighted by Gasteiger charge is 2.40. The van der Waals surface area contributed by atoms with E-state index in [1.165, 1.54) is 23.5 Å². The molecule has 2 aliphatic heterocycles. The van der Waals surface area contributed by atoms with Crippen LogP contribution in [0.25, 0.3) is 0 Å². The first-order valence-corrected chi connectivity index (χ1v) is 8.53. The summed E-state index contributed by atoms with van der Waals surface area (Å²) in [6.07, 6.45) is 2.12. The number of piperidine rings is 1. The first-order valence-electron chi connectivity index (χ1n) is 7.09. The SMILES string of the molecule is COc1ccc(S(=O)(=O)N2C[C@@H]3CCCN[C@@H]3C2)cc1F. The second kappa shape index (κ2) is 5.55. The van der Waals surface area contributed by atoms with Gasteiger partial charge in [0, 0.05) is 19.1 Å². The van der Waals surface area contributed by atoms with Crippen molar-refractivity contribution in [2.75, 3.05) is 26.7 Å². The zero-order valence-corrected chi connectivity index (χ0v) is 12.7. The van der Waals surface area contributed by atoms with Crippen molar-refractivity contribution in [3.05, 3.63) is 24.0 Å². The number of benzene rings is 1. The van der Waals surface area contributed by atoms with Crippen molar-refractivity contribution in [1.82, 2.24) is 9.62 Å². The van der Waals surface area contributed by atoms with E-state index in [2.05, 4.69) is 5.32 Å². The van der Waals surface area contributed by atoms with Gasteiger partial charge >= 0.3 is 0 Å². The van der Waals surface area contributed by atoms with Crippen LogP contribution in [0.3, 0.4) is 0 Å². The van der Waals surface area contributed by atoms with Gasteiger partial charge in [0.15, 0.2) is 11.6 Å². The van der Waals surface area contributed by atoms with Crippen molar-refractivity contribution in [1.29, 1.82) is 0 Å². The molecule has 2 saturated heterocycles. The lowest BCUT2D eigenvalue weighted by Gasteiger charge is -2.24. The summed E-state index contributed by atoms with van der Waals surface area (Å²) in [5.74, 6) is -0.254. The molecule has 2 aliphatic rings. The lowest BCUT2D eigenvalue weighted by atomic mass is 9.94. The predicted molar refractivity (Wildman–Crippen MR) is 76.2 cm³/mol. The fourth-order valence-corrected chi connectivity index (χ4v) is 4.70. The molecule has 7 heteroatoms. The molecule has 1 aromatic rings. The quantitative estimate of drug-likeness (QED) is 0.911. The molecule has 0 unspecified atom stereocenters. The Morgan fingerprint density at radius 2 is 2.19 bits per heavy atom. The molecule has 1 N–H and O–H groups in total. The highest BCUT2D eigenvalue weighted by atomic mass is 32.2. The highest BCUT2D eigenvalue weighted by Crippen LogP contribution is 2.30. The van der Waals surface area contributed by atoms with Gasteiger partial charge in [-0.15, -0.1) is 0 Å². The Hall–Kier alpha value is -1.18. The summed E-state index contributed by atoms with van der Waals surface area (Å²) in [4.78, 5) is -0.0144. The third kappa shape index (κ3) is 2.65. The zero-order valence-electron chi connectivity index (χ0n) is 11.9. The fourth-order valence-electron chi connectivity index (χ4n) is 3.16. The first-order chi connectivity index (χ1) is 10.0. The van der Waals surface area contributed by atoms with Crippen LogP contribution in [-0.4, -0.2) is 45.5 Å². The van der Waals surface area contributed by atoms with E-state index in [4.69, 9.17) is 4.74 Å². The summed E-state index contributed by atoms with van der Waals surface area (Å²) < 4.78 is 45.3. The summed E-state index contributed by atoms with van der Waals surface area (Å²) in [5, 5.41) is 3.36. The third-order valence-electron chi connectivity index (χ3n) is 4.33. The minimum Gasteiger partial charge on any atom is -0.494 e. The smallest absolute Gasteiger partial charge is 0.243 e. The molecule has 2 fully saturated rings. The molecule has 5 nitrogen and oxygen atoms in total. The summed E-state index contributed by atoms with van der Waals surface area (Å²) >= 11 is 0. The zero-order chi connectivity index (χ0) is 15.0. The number of halogens is 1. The van der Waals surface area contributed by atoms with Crippen molar-refractivity contribution in [3.63, 3.8) is 0 Å². The van der Waals surface area contributed by atoms with Gasteiger partial charge in [0.2, 0.25) is 10.0 Å². The van der Waals surface area contributed by atoms with E-state index in [1.54, 1.807) is 0 Å². The van der Waals surface area contributed by atoms with Gasteiger partial charge in [-0.3, -0.25) is 0 Å². The minimum absolute atomic E-state index is 0.0144. The van der Waals surface area contributed by atoms with E-state index in [1.807, 2.05) is 0 Å². The largest absolute Gasteiger partial charge is 0.494 e. The number of hydrogen-bond donors (Lipinski definition) is 1. The maximum Gasteiger partial charge on any atom is 0.243 e. The van der Waals surface area contributed by atoms with Gasteiger partial charge in [-0.1, -0.05) is 0 Å². The number of methoxy groups -OCH3 is 1. The van der Waals surface area contributed by atoms with Crippen LogP contribution in [-0.2, 0) is 10.0 Å². The Bertz CT molecular complexity index is 621. The minimum atomic E-state index is -3.65. The third-order valence-corrected chi connectivity index (χ3v) is 6.15. The number of fused-ring (bicyclic) bond motifs is 1. The van der Waals surface area contributed by atoms with E-state index in [-0.39, 0.29) is 16.7 Å². The van der Waals surface area contributed by atoms with Crippen LogP contribution in [0, 0.1) is 11.7 Å². The van der Waals surface area contributed by atoms with Crippen molar-refractivity contribution in [2.45, 2.75) is 23.8 Å². The predicted octanol–water partition coefficient (Wildman–Crippen LogP) is 1.21. The highest BCUT2D eigenvalue weighted by molar-refractivity contribution is 7.89. The Morgan fingerprint density at radius 3 is 2.86 bits per heavy atom. The second-order valence-electron chi connectivity index (χ2n) is 5.58. The summed E-state index contributed by atoms with van der Waals surface area (Å²) in [7, 11) is -2.30. The number of rotatable bonds is 3. The van der Waals surface area contributed by atoms with Gasteiger partial charge in [-0.05, 0) is 43.5 Å². The van der Waals surface area contributed by atoms with Crippen molar-refractivity contribution < 1.29 is 17.5 Å². The molecule has 21 heavy (non-hydrogen) atoms. The van der Waals surface area contributed by atoms with E-state index >= 15 is 0 Å². The molecule has 116 valence electrons. The normalized spacial score (nSPS) is 26.6. The van der Waals surface area contributed by atoms with Gasteiger partial charge in [-0.25, -0.2) is 12.8 Å². The number of sulfonamides is 1. The van der Waals surface area contributed by atoms with Gasteiger partial charge in [0.05, 0.1) is 12.0 Å². The van der Waals surface area contributed by atoms with Crippen molar-refractivity contribution in [2.24, 2.45) is 5.92 Å². The molecule has 0 aliphatic carbocycles. The molecular weight excluding hydrogens is 295 g/mol. The monoisotopic (exact) mass is 314 g/mol. The lowest BCUT2D eigenvalue weighted by Crippen LogP contribution is -2.41. The summed E-state index contributed by atoms with van der Waals surface area (Å²) in [6, 6.07) is 4.00. The van der Waals surface area contributed by atoms with E-state index in [9.17, 15) is 12.8 Å². The van der Waals surface area contributed by atoms with Crippen LogP contribution in [0.5, 0.6) is 5.75 Å². The van der Waals surface area contributed by atoms with Crippen LogP contribution in [0.4, 0.5) is 4.39 Å². The Kier molecular flexibility index (Phi) is 3.90. The topological polar surface area (TPSA) is 58.6 Å². The molecule has 2 atom stereocenters. The van der Waals surface area contributed by atoms with Gasteiger partial charge < -0.3 is 10.1 Å². The van der Waals surface area contributed by atoms with Crippen LogP contribution in [0.1, 0.15) is 12.8 Å². The average Bonchev–Trinajstić information content (AvgIpc) is 2.92. The van der Waals surface area contributed by atoms with Crippen molar-refractivity contribution >= 4 is 10.0 Å². The molecule has 0 saturated carbocycles. The Balaban J connectivity index is 1.85. The first kappa shape index (κ1) is 14.7. The molecular formula is C14H19FN2O3S. The lowest BCUT2D eigenvalue weighted by molar-refractivity contribution is 0.339. The van der Waals surface area contributed by atoms with Crippen LogP contribution >= 0.6 is 0 Å². The van der Waals surface area contributed by atoms with Crippen LogP contribution in [0.2, 0.25) is 0 Å². The van der Waals surface area contributed by atoms with Gasteiger partial charge in [0.1, 0.15) is 0 Å². The molecule has 0 radical (unpaired) electrons. The fraction of sp³-hybridized carbons (Fsp3) is 0.571. The summed E-state index contributed by atoms with van der Waals surface area (Å²) in [5.41, 5.74) is 0. The number of ether oxygens (including phenoxy) is 1. The molecule has 0 bridgehead atoms. The molecule has 0 spiro atoms.